The van der Waals surface area contributed by atoms with Gasteiger partial charge in [0.05, 0.1) is 22.4 Å². The Morgan fingerprint density at radius 1 is 1.29 bits per heavy atom. The predicted molar refractivity (Wildman–Crippen MR) is 81.6 cm³/mol. The first-order valence-electron chi connectivity index (χ1n) is 5.76. The van der Waals surface area contributed by atoms with Crippen molar-refractivity contribution in [3.63, 3.8) is 0 Å². The lowest BCUT2D eigenvalue weighted by molar-refractivity contribution is -0.385. The Labute approximate surface area is 134 Å². The van der Waals surface area contributed by atoms with E-state index >= 15 is 0 Å². The highest BCUT2D eigenvalue weighted by Gasteiger charge is 2.18. The van der Waals surface area contributed by atoms with E-state index in [0.29, 0.717) is 11.3 Å². The smallest absolute Gasteiger partial charge is 0.312 e. The van der Waals surface area contributed by atoms with Gasteiger partial charge in [-0.05, 0) is 30.3 Å². The Morgan fingerprint density at radius 2 is 2.00 bits per heavy atom. The van der Waals surface area contributed by atoms with Crippen LogP contribution in [0.15, 0.2) is 40.9 Å². The third-order valence-corrected chi connectivity index (χ3v) is 3.45. The van der Waals surface area contributed by atoms with Gasteiger partial charge in [0.1, 0.15) is 5.75 Å². The van der Waals surface area contributed by atoms with Crippen LogP contribution >= 0.6 is 27.5 Å². The Balaban J connectivity index is 2.45. The lowest BCUT2D eigenvalue weighted by Gasteiger charge is -2.10. The third kappa shape index (κ3) is 3.51. The molecule has 0 aliphatic carbocycles. The molecule has 0 radical (unpaired) electrons. The molecule has 0 amide bonds. The fourth-order valence-corrected chi connectivity index (χ4v) is 2.30. The van der Waals surface area contributed by atoms with E-state index in [1.165, 1.54) is 18.2 Å². The summed E-state index contributed by atoms with van der Waals surface area (Å²) in [7, 11) is 0. The van der Waals surface area contributed by atoms with Crippen molar-refractivity contribution < 1.29 is 9.66 Å². The Kier molecular flexibility index (Phi) is 4.78. The van der Waals surface area contributed by atoms with E-state index in [1.54, 1.807) is 18.2 Å². The molecule has 0 heterocycles. The summed E-state index contributed by atoms with van der Waals surface area (Å²) in [6.45, 7) is 0. The van der Waals surface area contributed by atoms with Crippen LogP contribution in [0.4, 0.5) is 5.69 Å². The van der Waals surface area contributed by atoms with Crippen molar-refractivity contribution in [1.29, 1.82) is 5.26 Å². The molecule has 2 aromatic carbocycles. The first-order valence-corrected chi connectivity index (χ1v) is 7.08. The fraction of sp³-hybridized carbons (Fsp3) is 0.0714. The zero-order valence-electron chi connectivity index (χ0n) is 10.5. The second-order valence-electron chi connectivity index (χ2n) is 4.04. The molecule has 106 valence electrons. The topological polar surface area (TPSA) is 76.2 Å². The van der Waals surface area contributed by atoms with Gasteiger partial charge < -0.3 is 4.74 Å². The summed E-state index contributed by atoms with van der Waals surface area (Å²) >= 11 is 9.16. The predicted octanol–water partition coefficient (Wildman–Crippen LogP) is 4.76. The Bertz CT molecular complexity index is 743. The number of halogens is 2. The van der Waals surface area contributed by atoms with Crippen LogP contribution in [0.5, 0.6) is 11.5 Å². The highest BCUT2D eigenvalue weighted by molar-refractivity contribution is 9.10. The first-order chi connectivity index (χ1) is 10.0. The van der Waals surface area contributed by atoms with Crippen molar-refractivity contribution in [2.24, 2.45) is 0 Å². The molecule has 0 N–H and O–H groups in total. The van der Waals surface area contributed by atoms with Crippen LogP contribution in [0.3, 0.4) is 0 Å². The van der Waals surface area contributed by atoms with Crippen molar-refractivity contribution in [3.8, 4) is 17.6 Å². The van der Waals surface area contributed by atoms with Crippen LogP contribution in [0, 0.1) is 21.4 Å². The molecule has 0 unspecified atom stereocenters. The van der Waals surface area contributed by atoms with E-state index < -0.39 is 4.92 Å². The summed E-state index contributed by atoms with van der Waals surface area (Å²) in [5.74, 6) is 0.701. The van der Waals surface area contributed by atoms with Gasteiger partial charge >= 0.3 is 5.69 Å². The average Bonchev–Trinajstić information content (AvgIpc) is 2.49. The molecular formula is C14H8BrClN2O3. The Morgan fingerprint density at radius 3 is 2.62 bits per heavy atom. The van der Waals surface area contributed by atoms with Crippen molar-refractivity contribution in [2.45, 2.75) is 5.88 Å². The summed E-state index contributed by atoms with van der Waals surface area (Å²) in [5, 5.41) is 19.9. The molecule has 0 fully saturated rings. The molecule has 2 aromatic rings. The maximum atomic E-state index is 11.1. The molecule has 0 atom stereocenters. The minimum absolute atomic E-state index is 0.0627. The number of alkyl halides is 1. The van der Waals surface area contributed by atoms with E-state index in [4.69, 9.17) is 21.6 Å². The van der Waals surface area contributed by atoms with Crippen LogP contribution in [-0.4, -0.2) is 4.92 Å². The highest BCUT2D eigenvalue weighted by atomic mass is 79.9. The molecule has 5 nitrogen and oxygen atoms in total. The SMILES string of the molecule is N#Cc1ccc(Oc2ccc(Br)cc2CCl)c([N+](=O)[O-])c1. The molecule has 0 spiro atoms. The monoisotopic (exact) mass is 366 g/mol. The van der Waals surface area contributed by atoms with Crippen molar-refractivity contribution >= 4 is 33.2 Å². The van der Waals surface area contributed by atoms with Gasteiger partial charge in [0.15, 0.2) is 0 Å². The van der Waals surface area contributed by atoms with Crippen LogP contribution in [-0.2, 0) is 5.88 Å². The number of rotatable bonds is 4. The van der Waals surface area contributed by atoms with Gasteiger partial charge in [0, 0.05) is 16.1 Å². The van der Waals surface area contributed by atoms with Crippen LogP contribution in [0.2, 0.25) is 0 Å². The molecule has 21 heavy (non-hydrogen) atoms. The van der Waals surface area contributed by atoms with Gasteiger partial charge in [-0.15, -0.1) is 11.6 Å². The second-order valence-corrected chi connectivity index (χ2v) is 5.22. The minimum atomic E-state index is -0.588. The molecule has 7 heteroatoms. The van der Waals surface area contributed by atoms with E-state index in [9.17, 15) is 10.1 Å². The number of hydrogen-bond acceptors (Lipinski definition) is 4. The highest BCUT2D eigenvalue weighted by Crippen LogP contribution is 2.35. The van der Waals surface area contributed by atoms with Crippen LogP contribution < -0.4 is 4.74 Å². The standard InChI is InChI=1S/C14H8BrClN2O3/c15-11-2-4-13(10(6-11)7-16)21-14-3-1-9(8-17)5-12(14)18(19)20/h1-6H,7H2. The number of nitro benzene ring substituents is 1. The molecule has 0 aliphatic rings. The minimum Gasteiger partial charge on any atom is -0.450 e. The maximum Gasteiger partial charge on any atom is 0.312 e. The number of hydrogen-bond donors (Lipinski definition) is 0. The lowest BCUT2D eigenvalue weighted by atomic mass is 10.2. The third-order valence-electron chi connectivity index (χ3n) is 2.67. The number of benzene rings is 2. The van der Waals surface area contributed by atoms with Crippen LogP contribution in [0.25, 0.3) is 0 Å². The van der Waals surface area contributed by atoms with Crippen molar-refractivity contribution in [2.75, 3.05) is 0 Å². The molecule has 0 bridgehead atoms. The summed E-state index contributed by atoms with van der Waals surface area (Å²) in [6.07, 6.45) is 0. The van der Waals surface area contributed by atoms with Gasteiger partial charge in [0.25, 0.3) is 0 Å². The van der Waals surface area contributed by atoms with Gasteiger partial charge in [0.2, 0.25) is 5.75 Å². The quantitative estimate of drug-likeness (QED) is 0.443. The van der Waals surface area contributed by atoms with Crippen LogP contribution in [0.1, 0.15) is 11.1 Å². The van der Waals surface area contributed by atoms with Crippen molar-refractivity contribution in [3.05, 3.63) is 62.1 Å². The molecule has 2 rings (SSSR count). The van der Waals surface area contributed by atoms with Gasteiger partial charge in [-0.2, -0.15) is 5.26 Å². The number of ether oxygens (including phenoxy) is 1. The average molecular weight is 368 g/mol. The van der Waals surface area contributed by atoms with Crippen molar-refractivity contribution in [1.82, 2.24) is 0 Å². The molecular weight excluding hydrogens is 360 g/mol. The summed E-state index contributed by atoms with van der Waals surface area (Å²) < 4.78 is 6.42. The molecule has 0 saturated carbocycles. The molecule has 0 aliphatic heterocycles. The molecule has 0 saturated heterocycles. The summed E-state index contributed by atoms with van der Waals surface area (Å²) in [5.41, 5.74) is 0.629. The summed E-state index contributed by atoms with van der Waals surface area (Å²) in [4.78, 5) is 10.5. The fourth-order valence-electron chi connectivity index (χ4n) is 1.69. The molecule has 0 aromatic heterocycles. The maximum absolute atomic E-state index is 11.1. The first kappa shape index (κ1) is 15.3. The number of nitro groups is 1. The van der Waals surface area contributed by atoms with Gasteiger partial charge in [-0.1, -0.05) is 15.9 Å². The Hall–Kier alpha value is -2.10. The van der Waals surface area contributed by atoms with E-state index in [2.05, 4.69) is 15.9 Å². The van der Waals surface area contributed by atoms with E-state index in [-0.39, 0.29) is 22.9 Å². The lowest BCUT2D eigenvalue weighted by Crippen LogP contribution is -1.96. The summed E-state index contributed by atoms with van der Waals surface area (Å²) in [6, 6.07) is 11.1. The van der Waals surface area contributed by atoms with Gasteiger partial charge in [-0.3, -0.25) is 10.1 Å². The largest absolute Gasteiger partial charge is 0.450 e. The number of nitrogens with zero attached hydrogens (tertiary/aromatic N) is 2. The van der Waals surface area contributed by atoms with E-state index in [1.807, 2.05) is 6.07 Å². The zero-order valence-corrected chi connectivity index (χ0v) is 12.9. The number of nitriles is 1. The zero-order chi connectivity index (χ0) is 15.4. The van der Waals surface area contributed by atoms with E-state index in [0.717, 1.165) is 4.47 Å². The second kappa shape index (κ2) is 6.57. The normalized spacial score (nSPS) is 9.95. The van der Waals surface area contributed by atoms with Gasteiger partial charge in [-0.25, -0.2) is 0 Å².